The zero-order valence-electron chi connectivity index (χ0n) is 14.1. The molecular formula is C18H23N3O3. The molecule has 2 heterocycles. The highest BCUT2D eigenvalue weighted by Gasteiger charge is 2.23. The van der Waals surface area contributed by atoms with Crippen molar-refractivity contribution in [1.82, 2.24) is 14.7 Å². The van der Waals surface area contributed by atoms with E-state index in [1.165, 1.54) is 6.42 Å². The van der Waals surface area contributed by atoms with E-state index in [4.69, 9.17) is 4.74 Å². The van der Waals surface area contributed by atoms with Crippen molar-refractivity contribution in [2.45, 2.75) is 45.6 Å². The van der Waals surface area contributed by atoms with Crippen LogP contribution in [0.3, 0.4) is 0 Å². The number of nitrogens with one attached hydrogen (secondary N) is 1. The Morgan fingerprint density at radius 2 is 2.12 bits per heavy atom. The van der Waals surface area contributed by atoms with Crippen molar-refractivity contribution in [1.29, 1.82) is 0 Å². The largest absolute Gasteiger partial charge is 0.451 e. The van der Waals surface area contributed by atoms with E-state index in [0.717, 1.165) is 25.0 Å². The van der Waals surface area contributed by atoms with Crippen LogP contribution in [-0.4, -0.2) is 33.9 Å². The molecule has 1 N–H and O–H groups in total. The second-order valence-corrected chi connectivity index (χ2v) is 6.53. The van der Waals surface area contributed by atoms with E-state index >= 15 is 0 Å². The van der Waals surface area contributed by atoms with Gasteiger partial charge in [0.05, 0.1) is 0 Å². The van der Waals surface area contributed by atoms with E-state index in [9.17, 15) is 9.59 Å². The molecule has 0 spiro atoms. The number of nitrogens with zero attached hydrogens (tertiary/aromatic N) is 2. The van der Waals surface area contributed by atoms with Gasteiger partial charge in [-0.05, 0) is 37.8 Å². The van der Waals surface area contributed by atoms with Gasteiger partial charge in [-0.2, -0.15) is 0 Å². The number of fused-ring (bicyclic) bond motifs is 1. The molecule has 1 amide bonds. The van der Waals surface area contributed by atoms with Crippen molar-refractivity contribution < 1.29 is 14.3 Å². The maximum absolute atomic E-state index is 12.1. The molecule has 2 aromatic heterocycles. The minimum atomic E-state index is -0.579. The van der Waals surface area contributed by atoms with Gasteiger partial charge < -0.3 is 14.5 Å². The first-order chi connectivity index (χ1) is 11.5. The number of hydrogen-bond donors (Lipinski definition) is 1. The Kier molecular flexibility index (Phi) is 4.83. The molecule has 0 aromatic carbocycles. The third-order valence-electron chi connectivity index (χ3n) is 4.70. The molecule has 2 atom stereocenters. The van der Waals surface area contributed by atoms with Crippen molar-refractivity contribution in [3.05, 3.63) is 35.8 Å². The minimum absolute atomic E-state index is 0.183. The third-order valence-corrected chi connectivity index (χ3v) is 4.70. The van der Waals surface area contributed by atoms with Crippen LogP contribution in [0.4, 0.5) is 0 Å². The van der Waals surface area contributed by atoms with E-state index in [1.807, 2.05) is 29.5 Å². The molecule has 0 bridgehead atoms. The average molecular weight is 329 g/mol. The van der Waals surface area contributed by atoms with Crippen LogP contribution in [-0.2, 0) is 9.53 Å². The highest BCUT2D eigenvalue weighted by Crippen LogP contribution is 2.23. The SMILES string of the molecule is Cc1cccc2nc(C(=O)OCC(=O)N[C@@H]3CCCC[C@@H]3C)cn12. The van der Waals surface area contributed by atoms with Crippen LogP contribution in [0.25, 0.3) is 5.65 Å². The second kappa shape index (κ2) is 7.03. The molecule has 2 aromatic rings. The predicted molar refractivity (Wildman–Crippen MR) is 89.8 cm³/mol. The Hall–Kier alpha value is -2.37. The Morgan fingerprint density at radius 1 is 1.33 bits per heavy atom. The molecule has 6 heteroatoms. The number of imidazole rings is 1. The summed E-state index contributed by atoms with van der Waals surface area (Å²) in [6.45, 7) is 3.81. The van der Waals surface area contributed by atoms with Gasteiger partial charge in [-0.3, -0.25) is 4.79 Å². The monoisotopic (exact) mass is 329 g/mol. The topological polar surface area (TPSA) is 72.7 Å². The Balaban J connectivity index is 1.56. The fraction of sp³-hybridized carbons (Fsp3) is 0.500. The first-order valence-electron chi connectivity index (χ1n) is 8.46. The number of amides is 1. The van der Waals surface area contributed by atoms with E-state index in [0.29, 0.717) is 11.6 Å². The maximum Gasteiger partial charge on any atom is 0.359 e. The summed E-state index contributed by atoms with van der Waals surface area (Å²) in [5.41, 5.74) is 1.87. The molecule has 1 aliphatic rings. The summed E-state index contributed by atoms with van der Waals surface area (Å²) in [6, 6.07) is 5.82. The van der Waals surface area contributed by atoms with E-state index in [1.54, 1.807) is 6.20 Å². The van der Waals surface area contributed by atoms with Crippen LogP contribution in [0, 0.1) is 12.8 Å². The smallest absolute Gasteiger partial charge is 0.359 e. The lowest BCUT2D eigenvalue weighted by Crippen LogP contribution is -2.42. The number of carbonyl (C=O) groups excluding carboxylic acids is 2. The zero-order valence-corrected chi connectivity index (χ0v) is 14.1. The first kappa shape index (κ1) is 16.5. The summed E-state index contributed by atoms with van der Waals surface area (Å²) in [5, 5.41) is 2.97. The maximum atomic E-state index is 12.1. The van der Waals surface area contributed by atoms with Crippen LogP contribution < -0.4 is 5.32 Å². The van der Waals surface area contributed by atoms with Crippen LogP contribution in [0.15, 0.2) is 24.4 Å². The predicted octanol–water partition coefficient (Wildman–Crippen LogP) is 2.49. The molecule has 0 aliphatic heterocycles. The van der Waals surface area contributed by atoms with Crippen molar-refractivity contribution in [2.75, 3.05) is 6.61 Å². The number of hydrogen-bond acceptors (Lipinski definition) is 4. The fourth-order valence-electron chi connectivity index (χ4n) is 3.23. The highest BCUT2D eigenvalue weighted by molar-refractivity contribution is 5.90. The quantitative estimate of drug-likeness (QED) is 0.875. The number of ether oxygens (including phenoxy) is 1. The van der Waals surface area contributed by atoms with Crippen LogP contribution in [0.1, 0.15) is 48.8 Å². The van der Waals surface area contributed by atoms with Crippen LogP contribution in [0.5, 0.6) is 0 Å². The summed E-state index contributed by atoms with van der Waals surface area (Å²) in [4.78, 5) is 28.3. The normalized spacial score (nSPS) is 20.8. The molecule has 24 heavy (non-hydrogen) atoms. The Labute approximate surface area is 141 Å². The Morgan fingerprint density at radius 3 is 2.88 bits per heavy atom. The van der Waals surface area contributed by atoms with Gasteiger partial charge in [-0.1, -0.05) is 25.8 Å². The lowest BCUT2D eigenvalue weighted by molar-refractivity contribution is -0.125. The van der Waals surface area contributed by atoms with Crippen molar-refractivity contribution in [2.24, 2.45) is 5.92 Å². The highest BCUT2D eigenvalue weighted by atomic mass is 16.5. The van der Waals surface area contributed by atoms with Gasteiger partial charge >= 0.3 is 5.97 Å². The van der Waals surface area contributed by atoms with Crippen LogP contribution in [0.2, 0.25) is 0 Å². The van der Waals surface area contributed by atoms with Gasteiger partial charge in [0.15, 0.2) is 12.3 Å². The number of esters is 1. The molecule has 1 aliphatic carbocycles. The van der Waals surface area contributed by atoms with Crippen molar-refractivity contribution in [3.63, 3.8) is 0 Å². The summed E-state index contributed by atoms with van der Waals surface area (Å²) in [7, 11) is 0. The molecule has 3 rings (SSSR count). The van der Waals surface area contributed by atoms with Gasteiger partial charge in [0.1, 0.15) is 5.65 Å². The zero-order chi connectivity index (χ0) is 17.1. The molecule has 0 radical (unpaired) electrons. The molecular weight excluding hydrogens is 306 g/mol. The van der Waals surface area contributed by atoms with Crippen LogP contribution >= 0.6 is 0 Å². The lowest BCUT2D eigenvalue weighted by Gasteiger charge is -2.29. The minimum Gasteiger partial charge on any atom is -0.451 e. The number of pyridine rings is 1. The van der Waals surface area contributed by atoms with Gasteiger partial charge in [-0.25, -0.2) is 9.78 Å². The average Bonchev–Trinajstić information content (AvgIpc) is 3.00. The molecule has 128 valence electrons. The lowest BCUT2D eigenvalue weighted by atomic mass is 9.86. The fourth-order valence-corrected chi connectivity index (χ4v) is 3.23. The first-order valence-corrected chi connectivity index (χ1v) is 8.46. The van der Waals surface area contributed by atoms with Gasteiger partial charge in [0.25, 0.3) is 5.91 Å². The summed E-state index contributed by atoms with van der Waals surface area (Å²) >= 11 is 0. The standard InChI is InChI=1S/C18H23N3O3/c1-12-6-3-4-8-14(12)20-17(22)11-24-18(23)15-10-21-13(2)7-5-9-16(21)19-15/h5,7,9-10,12,14H,3-4,6,8,11H2,1-2H3,(H,20,22)/t12-,14+/m0/s1. The van der Waals surface area contributed by atoms with Gasteiger partial charge in [-0.15, -0.1) is 0 Å². The Bertz CT molecular complexity index is 753. The molecule has 6 nitrogen and oxygen atoms in total. The summed E-state index contributed by atoms with van der Waals surface area (Å²) < 4.78 is 6.93. The molecule has 0 unspecified atom stereocenters. The summed E-state index contributed by atoms with van der Waals surface area (Å²) in [5.74, 6) is -0.355. The van der Waals surface area contributed by atoms with E-state index in [-0.39, 0.29) is 24.2 Å². The van der Waals surface area contributed by atoms with Crippen molar-refractivity contribution in [3.8, 4) is 0 Å². The van der Waals surface area contributed by atoms with Gasteiger partial charge in [0.2, 0.25) is 0 Å². The van der Waals surface area contributed by atoms with Crippen molar-refractivity contribution >= 4 is 17.5 Å². The number of aromatic nitrogens is 2. The number of carbonyl (C=O) groups is 2. The van der Waals surface area contributed by atoms with Gasteiger partial charge in [0, 0.05) is 17.9 Å². The molecule has 1 saturated carbocycles. The van der Waals surface area contributed by atoms with E-state index in [2.05, 4.69) is 17.2 Å². The summed E-state index contributed by atoms with van der Waals surface area (Å²) in [6.07, 6.45) is 6.11. The number of aryl methyl sites for hydroxylation is 1. The third kappa shape index (κ3) is 3.58. The second-order valence-electron chi connectivity index (χ2n) is 6.53. The number of rotatable bonds is 4. The molecule has 1 fully saturated rings. The molecule has 0 saturated heterocycles. The van der Waals surface area contributed by atoms with E-state index < -0.39 is 5.97 Å².